The highest BCUT2D eigenvalue weighted by molar-refractivity contribution is 5.91. The summed E-state index contributed by atoms with van der Waals surface area (Å²) in [5.74, 6) is 1.16. The van der Waals surface area contributed by atoms with Gasteiger partial charge in [-0.2, -0.15) is 4.98 Å². The highest BCUT2D eigenvalue weighted by Crippen LogP contribution is 2.19. The molecular formula is C18H18N4O4. The van der Waals surface area contributed by atoms with E-state index in [0.717, 1.165) is 18.4 Å². The minimum atomic E-state index is -0.108. The Morgan fingerprint density at radius 1 is 1.31 bits per heavy atom. The van der Waals surface area contributed by atoms with Crippen molar-refractivity contribution in [3.05, 3.63) is 54.5 Å². The second-order valence-corrected chi connectivity index (χ2v) is 6.06. The fraction of sp³-hybridized carbons (Fsp3) is 0.333. The van der Waals surface area contributed by atoms with Crippen LogP contribution in [0.1, 0.15) is 29.2 Å². The van der Waals surface area contributed by atoms with Crippen LogP contribution in [0.3, 0.4) is 0 Å². The number of carbonyl (C=O) groups excluding carboxylic acids is 1. The number of nitrogens with zero attached hydrogens (tertiary/aromatic N) is 4. The largest absolute Gasteiger partial charge is 0.459 e. The zero-order valence-corrected chi connectivity index (χ0v) is 14.1. The third kappa shape index (κ3) is 3.65. The normalized spacial score (nSPS) is 17.4. The van der Waals surface area contributed by atoms with Crippen LogP contribution in [0.15, 0.2) is 51.9 Å². The zero-order valence-electron chi connectivity index (χ0n) is 14.1. The number of hydrogen-bond donors (Lipinski definition) is 0. The quantitative estimate of drug-likeness (QED) is 0.695. The van der Waals surface area contributed by atoms with Crippen molar-refractivity contribution in [2.24, 2.45) is 0 Å². The van der Waals surface area contributed by atoms with Crippen LogP contribution in [0.2, 0.25) is 0 Å². The van der Waals surface area contributed by atoms with Gasteiger partial charge in [0, 0.05) is 31.0 Å². The topological polar surface area (TPSA) is 94.5 Å². The second kappa shape index (κ2) is 7.49. The number of piperidine rings is 1. The molecule has 4 rings (SSSR count). The van der Waals surface area contributed by atoms with Crippen molar-refractivity contribution in [2.75, 3.05) is 13.1 Å². The Kier molecular flexibility index (Phi) is 4.74. The maximum Gasteiger partial charge on any atom is 0.289 e. The molecule has 3 aromatic rings. The molecular weight excluding hydrogens is 336 g/mol. The third-order valence-electron chi connectivity index (χ3n) is 4.24. The molecule has 1 aliphatic rings. The van der Waals surface area contributed by atoms with Crippen molar-refractivity contribution in [2.45, 2.75) is 25.6 Å². The Morgan fingerprint density at radius 2 is 2.19 bits per heavy atom. The van der Waals surface area contributed by atoms with Gasteiger partial charge in [0.05, 0.1) is 12.4 Å². The van der Waals surface area contributed by atoms with E-state index in [9.17, 15) is 4.79 Å². The molecule has 0 spiro atoms. The zero-order chi connectivity index (χ0) is 17.8. The van der Waals surface area contributed by atoms with Crippen LogP contribution in [0.5, 0.6) is 0 Å². The van der Waals surface area contributed by atoms with Crippen LogP contribution in [-0.4, -0.2) is 45.1 Å². The average Bonchev–Trinajstić information content (AvgIpc) is 3.39. The Morgan fingerprint density at radius 3 is 3.00 bits per heavy atom. The predicted molar refractivity (Wildman–Crippen MR) is 90.0 cm³/mol. The summed E-state index contributed by atoms with van der Waals surface area (Å²) < 4.78 is 16.3. The van der Waals surface area contributed by atoms with Gasteiger partial charge in [-0.3, -0.25) is 9.78 Å². The van der Waals surface area contributed by atoms with Crippen LogP contribution in [0.25, 0.3) is 11.5 Å². The third-order valence-corrected chi connectivity index (χ3v) is 4.24. The highest BCUT2D eigenvalue weighted by atomic mass is 16.5. The summed E-state index contributed by atoms with van der Waals surface area (Å²) >= 11 is 0. The number of likely N-dealkylation sites (tertiary alicyclic amines) is 1. The van der Waals surface area contributed by atoms with E-state index in [0.29, 0.717) is 30.6 Å². The monoisotopic (exact) mass is 354 g/mol. The van der Waals surface area contributed by atoms with Crippen molar-refractivity contribution < 1.29 is 18.5 Å². The fourth-order valence-electron chi connectivity index (χ4n) is 2.93. The number of rotatable bonds is 5. The van der Waals surface area contributed by atoms with Gasteiger partial charge in [0.1, 0.15) is 6.61 Å². The molecule has 0 radical (unpaired) electrons. The summed E-state index contributed by atoms with van der Waals surface area (Å²) in [6, 6.07) is 6.99. The lowest BCUT2D eigenvalue weighted by molar-refractivity contribution is -0.0104. The molecule has 1 amide bonds. The van der Waals surface area contributed by atoms with Crippen LogP contribution < -0.4 is 0 Å². The van der Waals surface area contributed by atoms with Gasteiger partial charge in [-0.15, -0.1) is 0 Å². The summed E-state index contributed by atoms with van der Waals surface area (Å²) in [6.45, 7) is 1.46. The van der Waals surface area contributed by atoms with E-state index < -0.39 is 0 Å². The molecule has 0 saturated carbocycles. The number of furan rings is 1. The standard InChI is InChI=1S/C18H18N4O4/c23-18(15-4-2-10-24-15)22-9-1-3-14(11-22)25-12-16-20-17(26-21-16)13-5-7-19-8-6-13/h2,4-8,10,14H,1,3,9,11-12H2. The van der Waals surface area contributed by atoms with Gasteiger partial charge in [-0.25, -0.2) is 0 Å². The number of hydrogen-bond acceptors (Lipinski definition) is 7. The summed E-state index contributed by atoms with van der Waals surface area (Å²) in [5, 5.41) is 3.94. The summed E-state index contributed by atoms with van der Waals surface area (Å²) in [5.41, 5.74) is 0.812. The van der Waals surface area contributed by atoms with Crippen molar-refractivity contribution in [1.82, 2.24) is 20.0 Å². The molecule has 1 saturated heterocycles. The smallest absolute Gasteiger partial charge is 0.289 e. The first-order chi connectivity index (χ1) is 12.8. The molecule has 0 bridgehead atoms. The maximum atomic E-state index is 12.4. The lowest BCUT2D eigenvalue weighted by Crippen LogP contribution is -2.43. The van der Waals surface area contributed by atoms with Crippen molar-refractivity contribution >= 4 is 5.91 Å². The van der Waals surface area contributed by atoms with Gasteiger partial charge in [-0.05, 0) is 37.1 Å². The van der Waals surface area contributed by atoms with E-state index >= 15 is 0 Å². The van der Waals surface area contributed by atoms with E-state index in [1.807, 2.05) is 0 Å². The van der Waals surface area contributed by atoms with Crippen LogP contribution in [-0.2, 0) is 11.3 Å². The van der Waals surface area contributed by atoms with Crippen molar-refractivity contribution in [3.8, 4) is 11.5 Å². The second-order valence-electron chi connectivity index (χ2n) is 6.06. The van der Waals surface area contributed by atoms with E-state index in [1.165, 1.54) is 6.26 Å². The molecule has 8 nitrogen and oxygen atoms in total. The van der Waals surface area contributed by atoms with Gasteiger partial charge in [-0.1, -0.05) is 5.16 Å². The lowest BCUT2D eigenvalue weighted by atomic mass is 10.1. The summed E-state index contributed by atoms with van der Waals surface area (Å²) in [6.07, 6.45) is 6.54. The van der Waals surface area contributed by atoms with Crippen LogP contribution in [0.4, 0.5) is 0 Å². The Hall–Kier alpha value is -3.00. The van der Waals surface area contributed by atoms with Crippen molar-refractivity contribution in [1.29, 1.82) is 0 Å². The summed E-state index contributed by atoms with van der Waals surface area (Å²) in [7, 11) is 0. The number of pyridine rings is 1. The Labute approximate surface area is 149 Å². The highest BCUT2D eigenvalue weighted by Gasteiger charge is 2.26. The molecule has 3 aromatic heterocycles. The molecule has 1 unspecified atom stereocenters. The fourth-order valence-corrected chi connectivity index (χ4v) is 2.93. The minimum Gasteiger partial charge on any atom is -0.459 e. The molecule has 134 valence electrons. The molecule has 1 aliphatic heterocycles. The number of carbonyl (C=O) groups is 1. The van der Waals surface area contributed by atoms with Crippen LogP contribution >= 0.6 is 0 Å². The van der Waals surface area contributed by atoms with E-state index in [4.69, 9.17) is 13.7 Å². The first-order valence-corrected chi connectivity index (χ1v) is 8.47. The number of ether oxygens (including phenoxy) is 1. The van der Waals surface area contributed by atoms with E-state index in [1.54, 1.807) is 41.6 Å². The molecule has 0 N–H and O–H groups in total. The van der Waals surface area contributed by atoms with E-state index in [-0.39, 0.29) is 18.6 Å². The number of amides is 1. The average molecular weight is 354 g/mol. The molecule has 1 fully saturated rings. The first-order valence-electron chi connectivity index (χ1n) is 8.47. The molecule has 26 heavy (non-hydrogen) atoms. The molecule has 0 aliphatic carbocycles. The Bertz CT molecular complexity index is 847. The molecule has 0 aromatic carbocycles. The van der Waals surface area contributed by atoms with Gasteiger partial charge in [0.2, 0.25) is 0 Å². The maximum absolute atomic E-state index is 12.4. The Balaban J connectivity index is 1.33. The minimum absolute atomic E-state index is 0.0643. The first kappa shape index (κ1) is 16.5. The van der Waals surface area contributed by atoms with Crippen molar-refractivity contribution in [3.63, 3.8) is 0 Å². The summed E-state index contributed by atoms with van der Waals surface area (Å²) in [4.78, 5) is 22.4. The predicted octanol–water partition coefficient (Wildman–Crippen LogP) is 2.55. The number of aromatic nitrogens is 3. The van der Waals surface area contributed by atoms with Crippen LogP contribution in [0, 0.1) is 0 Å². The molecule has 8 heteroatoms. The molecule has 1 atom stereocenters. The molecule has 4 heterocycles. The van der Waals surface area contributed by atoms with E-state index in [2.05, 4.69) is 15.1 Å². The van der Waals surface area contributed by atoms with Gasteiger partial charge in [0.25, 0.3) is 11.8 Å². The van der Waals surface area contributed by atoms with Gasteiger partial charge >= 0.3 is 0 Å². The lowest BCUT2D eigenvalue weighted by Gasteiger charge is -2.31. The SMILES string of the molecule is O=C(c1ccco1)N1CCCC(OCc2noc(-c3ccncc3)n2)C1. The van der Waals surface area contributed by atoms with Gasteiger partial charge < -0.3 is 18.6 Å². The van der Waals surface area contributed by atoms with Gasteiger partial charge in [0.15, 0.2) is 11.6 Å².